The number of amides is 1. The number of imidazole rings is 1. The molecule has 1 amide bonds. The van der Waals surface area contributed by atoms with Gasteiger partial charge in [-0.25, -0.2) is 15.0 Å². The number of rotatable bonds is 3. The predicted molar refractivity (Wildman–Crippen MR) is 98.7 cm³/mol. The number of likely N-dealkylation sites (tertiary alicyclic amines) is 1. The summed E-state index contributed by atoms with van der Waals surface area (Å²) in [6.07, 6.45) is 5.44. The Balaban J connectivity index is 1.57. The van der Waals surface area contributed by atoms with E-state index in [1.165, 1.54) is 0 Å². The Bertz CT molecular complexity index is 892. The molecular weight excluding hydrogens is 326 g/mol. The molecule has 1 saturated heterocycles. The van der Waals surface area contributed by atoms with Crippen molar-refractivity contribution in [3.05, 3.63) is 65.9 Å². The molecule has 26 heavy (non-hydrogen) atoms. The number of benzene rings is 1. The van der Waals surface area contributed by atoms with Gasteiger partial charge >= 0.3 is 0 Å². The lowest BCUT2D eigenvalue weighted by molar-refractivity contribution is 0.0704. The zero-order valence-corrected chi connectivity index (χ0v) is 14.7. The molecule has 4 rings (SSSR count). The zero-order chi connectivity index (χ0) is 17.9. The van der Waals surface area contributed by atoms with Crippen LogP contribution < -0.4 is 0 Å². The molecule has 0 bridgehead atoms. The minimum Gasteiger partial charge on any atom is -0.343 e. The SMILES string of the molecule is Cc1cc(-c2ncc[nH]2)nc([C@@H]2CCCN(C(=O)c3ccccc3)C2)n1. The van der Waals surface area contributed by atoms with Gasteiger partial charge in [0.05, 0.1) is 0 Å². The van der Waals surface area contributed by atoms with Crippen molar-refractivity contribution in [2.24, 2.45) is 0 Å². The highest BCUT2D eigenvalue weighted by molar-refractivity contribution is 5.94. The van der Waals surface area contributed by atoms with Crippen LogP contribution in [0.4, 0.5) is 0 Å². The lowest BCUT2D eigenvalue weighted by atomic mass is 9.96. The fraction of sp³-hybridized carbons (Fsp3) is 0.300. The van der Waals surface area contributed by atoms with Gasteiger partial charge in [-0.15, -0.1) is 0 Å². The maximum absolute atomic E-state index is 12.8. The first-order chi connectivity index (χ1) is 12.7. The summed E-state index contributed by atoms with van der Waals surface area (Å²) < 4.78 is 0. The lowest BCUT2D eigenvalue weighted by Gasteiger charge is -2.32. The number of H-pyrrole nitrogens is 1. The van der Waals surface area contributed by atoms with Gasteiger partial charge in [0.1, 0.15) is 11.5 Å². The summed E-state index contributed by atoms with van der Waals surface area (Å²) in [6.45, 7) is 3.39. The van der Waals surface area contributed by atoms with Gasteiger partial charge in [-0.1, -0.05) is 18.2 Å². The van der Waals surface area contributed by atoms with E-state index < -0.39 is 0 Å². The van der Waals surface area contributed by atoms with Gasteiger partial charge < -0.3 is 9.88 Å². The van der Waals surface area contributed by atoms with Crippen LogP contribution >= 0.6 is 0 Å². The maximum atomic E-state index is 12.8. The van der Waals surface area contributed by atoms with E-state index in [4.69, 9.17) is 4.98 Å². The molecular formula is C20H21N5O. The van der Waals surface area contributed by atoms with E-state index in [0.29, 0.717) is 6.54 Å². The highest BCUT2D eigenvalue weighted by Crippen LogP contribution is 2.27. The maximum Gasteiger partial charge on any atom is 0.253 e. The number of carbonyl (C=O) groups excluding carboxylic acids is 1. The minimum atomic E-state index is 0.0780. The molecule has 1 fully saturated rings. The summed E-state index contributed by atoms with van der Waals surface area (Å²) in [5.41, 5.74) is 2.44. The first-order valence-electron chi connectivity index (χ1n) is 8.90. The smallest absolute Gasteiger partial charge is 0.253 e. The third-order valence-electron chi connectivity index (χ3n) is 4.71. The van der Waals surface area contributed by atoms with Crippen LogP contribution in [-0.2, 0) is 0 Å². The van der Waals surface area contributed by atoms with Crippen LogP contribution in [-0.4, -0.2) is 43.8 Å². The second-order valence-electron chi connectivity index (χ2n) is 6.65. The third kappa shape index (κ3) is 3.35. The van der Waals surface area contributed by atoms with E-state index in [2.05, 4.69) is 15.0 Å². The van der Waals surface area contributed by atoms with Crippen molar-refractivity contribution in [1.82, 2.24) is 24.8 Å². The standard InChI is InChI=1S/C20H21N5O/c1-14-12-17(19-21-9-10-22-19)24-18(23-14)16-8-5-11-25(13-16)20(26)15-6-3-2-4-7-15/h2-4,6-7,9-10,12,16H,5,8,11,13H2,1H3,(H,21,22)/t16-/m1/s1. The van der Waals surface area contributed by atoms with Crippen molar-refractivity contribution in [1.29, 1.82) is 0 Å². The monoisotopic (exact) mass is 347 g/mol. The van der Waals surface area contributed by atoms with Crippen molar-refractivity contribution >= 4 is 5.91 Å². The van der Waals surface area contributed by atoms with E-state index in [1.54, 1.807) is 12.4 Å². The van der Waals surface area contributed by atoms with Crippen LogP contribution in [0.25, 0.3) is 11.5 Å². The van der Waals surface area contributed by atoms with Crippen molar-refractivity contribution in [3.63, 3.8) is 0 Å². The number of hydrogen-bond acceptors (Lipinski definition) is 4. The number of carbonyl (C=O) groups is 1. The van der Waals surface area contributed by atoms with E-state index >= 15 is 0 Å². The number of aryl methyl sites for hydroxylation is 1. The fourth-order valence-corrected chi connectivity index (χ4v) is 3.44. The molecule has 0 radical (unpaired) electrons. The third-order valence-corrected chi connectivity index (χ3v) is 4.71. The van der Waals surface area contributed by atoms with Gasteiger partial charge in [-0.2, -0.15) is 0 Å². The van der Waals surface area contributed by atoms with Crippen molar-refractivity contribution < 1.29 is 4.79 Å². The number of aromatic amines is 1. The van der Waals surface area contributed by atoms with Gasteiger partial charge in [0.25, 0.3) is 5.91 Å². The molecule has 0 saturated carbocycles. The molecule has 2 aromatic heterocycles. The number of nitrogens with zero attached hydrogens (tertiary/aromatic N) is 4. The molecule has 0 unspecified atom stereocenters. The van der Waals surface area contributed by atoms with Crippen molar-refractivity contribution in [3.8, 4) is 11.5 Å². The van der Waals surface area contributed by atoms with Crippen LogP contribution in [0.3, 0.4) is 0 Å². The van der Waals surface area contributed by atoms with Crippen LogP contribution in [0.2, 0.25) is 0 Å². The quantitative estimate of drug-likeness (QED) is 0.789. The van der Waals surface area contributed by atoms with E-state index in [9.17, 15) is 4.79 Å². The van der Waals surface area contributed by atoms with Gasteiger partial charge in [-0.05, 0) is 38.0 Å². The normalized spacial score (nSPS) is 17.3. The van der Waals surface area contributed by atoms with Crippen LogP contribution in [0, 0.1) is 6.92 Å². The van der Waals surface area contributed by atoms with Gasteiger partial charge in [0, 0.05) is 42.7 Å². The van der Waals surface area contributed by atoms with Gasteiger partial charge in [-0.3, -0.25) is 4.79 Å². The van der Waals surface area contributed by atoms with Crippen LogP contribution in [0.1, 0.15) is 40.6 Å². The number of hydrogen-bond donors (Lipinski definition) is 1. The van der Waals surface area contributed by atoms with Crippen molar-refractivity contribution in [2.45, 2.75) is 25.7 Å². The van der Waals surface area contributed by atoms with E-state index in [0.717, 1.165) is 48.0 Å². The van der Waals surface area contributed by atoms with Gasteiger partial charge in [0.15, 0.2) is 5.82 Å². The summed E-state index contributed by atoms with van der Waals surface area (Å²) in [5.74, 6) is 1.76. The Morgan fingerprint density at radius 2 is 2.08 bits per heavy atom. The topological polar surface area (TPSA) is 74.8 Å². The minimum absolute atomic E-state index is 0.0780. The highest BCUT2D eigenvalue weighted by Gasteiger charge is 2.27. The number of nitrogens with one attached hydrogen (secondary N) is 1. The van der Waals surface area contributed by atoms with E-state index in [1.807, 2.05) is 48.2 Å². The predicted octanol–water partition coefficient (Wildman–Crippen LogP) is 3.19. The molecule has 3 heterocycles. The molecule has 6 heteroatoms. The Labute approximate surface area is 152 Å². The summed E-state index contributed by atoms with van der Waals surface area (Å²) >= 11 is 0. The molecule has 1 atom stereocenters. The van der Waals surface area contributed by atoms with Crippen LogP contribution in [0.5, 0.6) is 0 Å². The second-order valence-corrected chi connectivity index (χ2v) is 6.65. The first-order valence-corrected chi connectivity index (χ1v) is 8.90. The number of aromatic nitrogens is 4. The van der Waals surface area contributed by atoms with E-state index in [-0.39, 0.29) is 11.8 Å². The zero-order valence-electron chi connectivity index (χ0n) is 14.7. The average molecular weight is 347 g/mol. The Morgan fingerprint density at radius 3 is 2.85 bits per heavy atom. The summed E-state index contributed by atoms with van der Waals surface area (Å²) in [6, 6.07) is 11.4. The van der Waals surface area contributed by atoms with Gasteiger partial charge in [0.2, 0.25) is 0 Å². The fourth-order valence-electron chi connectivity index (χ4n) is 3.44. The first kappa shape index (κ1) is 16.4. The Kier molecular flexibility index (Phi) is 4.48. The second kappa shape index (κ2) is 7.07. The molecule has 132 valence electrons. The highest BCUT2D eigenvalue weighted by atomic mass is 16.2. The molecule has 1 N–H and O–H groups in total. The molecule has 6 nitrogen and oxygen atoms in total. The largest absolute Gasteiger partial charge is 0.343 e. The van der Waals surface area contributed by atoms with Crippen LogP contribution in [0.15, 0.2) is 48.8 Å². The molecule has 1 aliphatic heterocycles. The molecule has 0 spiro atoms. The van der Waals surface area contributed by atoms with Crippen molar-refractivity contribution in [2.75, 3.05) is 13.1 Å². The lowest BCUT2D eigenvalue weighted by Crippen LogP contribution is -2.39. The molecule has 3 aromatic rings. The average Bonchev–Trinajstić information content (AvgIpc) is 3.23. The molecule has 1 aromatic carbocycles. The Hall–Kier alpha value is -3.02. The summed E-state index contributed by atoms with van der Waals surface area (Å²) in [4.78, 5) is 31.4. The molecule has 1 aliphatic rings. The summed E-state index contributed by atoms with van der Waals surface area (Å²) in [7, 11) is 0. The number of piperidine rings is 1. The molecule has 0 aliphatic carbocycles. The Morgan fingerprint density at radius 1 is 1.23 bits per heavy atom. The summed E-state index contributed by atoms with van der Waals surface area (Å²) in [5, 5.41) is 0.